The Hall–Kier alpha value is -4.05. The minimum absolute atomic E-state index is 0.0637. The van der Waals surface area contributed by atoms with E-state index in [1.807, 2.05) is 12.1 Å². The van der Waals surface area contributed by atoms with Gasteiger partial charge >= 0.3 is 0 Å². The first-order chi connectivity index (χ1) is 18.8. The van der Waals surface area contributed by atoms with E-state index in [1.165, 1.54) is 17.0 Å². The number of carbonyl (C=O) groups is 2. The predicted molar refractivity (Wildman–Crippen MR) is 149 cm³/mol. The Balaban J connectivity index is 1.56. The number of aromatic nitrogens is 2. The van der Waals surface area contributed by atoms with Crippen molar-refractivity contribution in [2.24, 2.45) is 0 Å². The first kappa shape index (κ1) is 24.0. The van der Waals surface area contributed by atoms with E-state index in [0.717, 1.165) is 16.9 Å². The summed E-state index contributed by atoms with van der Waals surface area (Å²) in [7, 11) is 0. The maximum absolute atomic E-state index is 14.8. The number of hydrogen-bond donors (Lipinski definition) is 0. The number of rotatable bonds is 3. The molecular weight excluding hydrogens is 559 g/mol. The fourth-order valence-electron chi connectivity index (χ4n) is 5.44. The molecule has 1 spiro atoms. The Kier molecular flexibility index (Phi) is 5.22. The topological polar surface area (TPSA) is 96.6 Å². The summed E-state index contributed by atoms with van der Waals surface area (Å²) in [6.07, 6.45) is 0. The fraction of sp³-hybridized carbons (Fsp3) is 0.107. The van der Waals surface area contributed by atoms with Gasteiger partial charge in [0.2, 0.25) is 10.9 Å². The van der Waals surface area contributed by atoms with Crippen LogP contribution in [0.3, 0.4) is 0 Å². The van der Waals surface area contributed by atoms with Crippen molar-refractivity contribution in [3.8, 4) is 0 Å². The highest BCUT2D eigenvalue weighted by molar-refractivity contribution is 7.15. The summed E-state index contributed by atoms with van der Waals surface area (Å²) in [5.74, 6) is -1.34. The standard InChI is InChI=1S/C28H16Cl2N4O4S/c1-14-31-32-27(39-14)34-25(36)24-22(23(35)18-12-17(30)10-11-21(18)38-24)28(34)19-4-2-3-5-20(19)33(26(28)37)13-15-6-8-16(29)9-7-15/h2-12H,13H2,1H3. The lowest BCUT2D eigenvalue weighted by Crippen LogP contribution is -2.53. The van der Waals surface area contributed by atoms with Gasteiger partial charge in [-0.3, -0.25) is 19.3 Å². The van der Waals surface area contributed by atoms with Crippen molar-refractivity contribution in [1.82, 2.24) is 10.2 Å². The zero-order valence-corrected chi connectivity index (χ0v) is 22.5. The predicted octanol–water partition coefficient (Wildman–Crippen LogP) is 5.71. The molecule has 3 aromatic carbocycles. The molecule has 8 nitrogen and oxygen atoms in total. The van der Waals surface area contributed by atoms with E-state index < -0.39 is 22.8 Å². The van der Waals surface area contributed by atoms with Crippen LogP contribution in [0.1, 0.15) is 32.3 Å². The third-order valence-electron chi connectivity index (χ3n) is 7.05. The SMILES string of the molecule is Cc1nnc(N2C(=O)c3oc4ccc(Cl)cc4c(=O)c3C23C(=O)N(Cc2ccc(Cl)cc2)c2ccccc23)s1. The molecule has 39 heavy (non-hydrogen) atoms. The van der Waals surface area contributed by atoms with Crippen LogP contribution in [-0.4, -0.2) is 22.0 Å². The monoisotopic (exact) mass is 574 g/mol. The number of nitrogens with zero attached hydrogens (tertiary/aromatic N) is 4. The van der Waals surface area contributed by atoms with E-state index in [9.17, 15) is 14.4 Å². The number of carbonyl (C=O) groups excluding carboxylic acids is 2. The van der Waals surface area contributed by atoms with E-state index in [0.29, 0.717) is 26.3 Å². The zero-order valence-electron chi connectivity index (χ0n) is 20.1. The zero-order chi connectivity index (χ0) is 27.1. The molecule has 0 saturated heterocycles. The van der Waals surface area contributed by atoms with Crippen molar-refractivity contribution in [3.05, 3.63) is 114 Å². The van der Waals surface area contributed by atoms with E-state index in [-0.39, 0.29) is 34.0 Å². The molecule has 0 radical (unpaired) electrons. The maximum Gasteiger partial charge on any atom is 0.297 e. The molecule has 0 bridgehead atoms. The Labute approximate surface area is 235 Å². The molecule has 0 N–H and O–H groups in total. The Morgan fingerprint density at radius 1 is 0.949 bits per heavy atom. The van der Waals surface area contributed by atoms with Gasteiger partial charge in [0.1, 0.15) is 10.6 Å². The lowest BCUT2D eigenvalue weighted by Gasteiger charge is -2.32. The summed E-state index contributed by atoms with van der Waals surface area (Å²) >= 11 is 13.5. The van der Waals surface area contributed by atoms with Gasteiger partial charge in [0.15, 0.2) is 11.0 Å². The maximum atomic E-state index is 14.8. The van der Waals surface area contributed by atoms with Gasteiger partial charge in [0.05, 0.1) is 23.2 Å². The van der Waals surface area contributed by atoms with Gasteiger partial charge in [-0.2, -0.15) is 0 Å². The van der Waals surface area contributed by atoms with Gasteiger partial charge in [-0.05, 0) is 48.9 Å². The second-order valence-corrected chi connectivity index (χ2v) is 11.3. The number of para-hydroxylation sites is 1. The summed E-state index contributed by atoms with van der Waals surface area (Å²) in [5, 5.41) is 10.1. The molecule has 2 aliphatic rings. The minimum atomic E-state index is -1.85. The average molecular weight is 575 g/mol. The number of hydrogen-bond acceptors (Lipinski definition) is 7. The van der Waals surface area contributed by atoms with Crippen LogP contribution in [0.15, 0.2) is 75.9 Å². The summed E-state index contributed by atoms with van der Waals surface area (Å²) in [6.45, 7) is 1.94. The number of benzene rings is 3. The minimum Gasteiger partial charge on any atom is -0.450 e. The van der Waals surface area contributed by atoms with Crippen molar-refractivity contribution in [2.75, 3.05) is 9.80 Å². The van der Waals surface area contributed by atoms with Crippen LogP contribution in [0, 0.1) is 6.92 Å². The molecule has 1 unspecified atom stereocenters. The molecule has 1 atom stereocenters. The van der Waals surface area contributed by atoms with Gasteiger partial charge in [-0.15, -0.1) is 10.2 Å². The molecule has 4 heterocycles. The molecular formula is C28H16Cl2N4O4S. The van der Waals surface area contributed by atoms with Gasteiger partial charge in [0.25, 0.3) is 11.8 Å². The highest BCUT2D eigenvalue weighted by Gasteiger charge is 2.66. The molecule has 5 aromatic rings. The normalized spacial score (nSPS) is 17.9. The quantitative estimate of drug-likeness (QED) is 0.274. The van der Waals surface area contributed by atoms with E-state index in [2.05, 4.69) is 10.2 Å². The van der Waals surface area contributed by atoms with Crippen molar-refractivity contribution >= 4 is 68.1 Å². The molecule has 0 saturated carbocycles. The molecule has 192 valence electrons. The first-order valence-electron chi connectivity index (χ1n) is 11.9. The van der Waals surface area contributed by atoms with Crippen molar-refractivity contribution in [3.63, 3.8) is 0 Å². The molecule has 7 rings (SSSR count). The Bertz CT molecular complexity index is 1920. The highest BCUT2D eigenvalue weighted by Crippen LogP contribution is 2.54. The second kappa shape index (κ2) is 8.47. The van der Waals surface area contributed by atoms with Crippen molar-refractivity contribution < 1.29 is 14.0 Å². The molecule has 2 amide bonds. The second-order valence-electron chi connectivity index (χ2n) is 9.27. The molecule has 0 aliphatic carbocycles. The van der Waals surface area contributed by atoms with Gasteiger partial charge in [0, 0.05) is 15.6 Å². The summed E-state index contributed by atoms with van der Waals surface area (Å²) in [4.78, 5) is 45.9. The average Bonchev–Trinajstić information content (AvgIpc) is 3.54. The third kappa shape index (κ3) is 3.27. The van der Waals surface area contributed by atoms with Gasteiger partial charge < -0.3 is 9.32 Å². The van der Waals surface area contributed by atoms with Crippen LogP contribution in [-0.2, 0) is 16.9 Å². The number of amides is 2. The number of fused-ring (bicyclic) bond motifs is 5. The molecule has 11 heteroatoms. The smallest absolute Gasteiger partial charge is 0.297 e. The molecule has 2 aromatic heterocycles. The largest absolute Gasteiger partial charge is 0.450 e. The molecule has 2 aliphatic heterocycles. The van der Waals surface area contributed by atoms with E-state index in [4.69, 9.17) is 27.6 Å². The van der Waals surface area contributed by atoms with E-state index in [1.54, 1.807) is 54.3 Å². The van der Waals surface area contributed by atoms with Crippen LogP contribution in [0.2, 0.25) is 10.0 Å². The number of aryl methyl sites for hydroxylation is 1. The number of anilines is 2. The third-order valence-corrected chi connectivity index (χ3v) is 8.36. The number of halogens is 2. The summed E-state index contributed by atoms with van der Waals surface area (Å²) < 4.78 is 6.05. The van der Waals surface area contributed by atoms with Crippen molar-refractivity contribution in [2.45, 2.75) is 19.0 Å². The van der Waals surface area contributed by atoms with Gasteiger partial charge in [-0.25, -0.2) is 0 Å². The van der Waals surface area contributed by atoms with Crippen molar-refractivity contribution in [1.29, 1.82) is 0 Å². The van der Waals surface area contributed by atoms with E-state index >= 15 is 0 Å². The molecule has 0 fully saturated rings. The van der Waals surface area contributed by atoms with Crippen LogP contribution < -0.4 is 15.2 Å². The fourth-order valence-corrected chi connectivity index (χ4v) is 6.48. The summed E-state index contributed by atoms with van der Waals surface area (Å²) in [5.41, 5.74) is -0.377. The Morgan fingerprint density at radius 2 is 1.69 bits per heavy atom. The first-order valence-corrected chi connectivity index (χ1v) is 13.5. The van der Waals surface area contributed by atoms with Crippen LogP contribution in [0.25, 0.3) is 11.0 Å². The summed E-state index contributed by atoms with van der Waals surface area (Å²) in [6, 6.07) is 18.9. The lowest BCUT2D eigenvalue weighted by atomic mass is 9.84. The lowest BCUT2D eigenvalue weighted by molar-refractivity contribution is -0.121. The van der Waals surface area contributed by atoms with Crippen LogP contribution in [0.4, 0.5) is 10.8 Å². The van der Waals surface area contributed by atoms with Crippen LogP contribution >= 0.6 is 34.5 Å². The Morgan fingerprint density at radius 3 is 2.44 bits per heavy atom. The highest BCUT2D eigenvalue weighted by atomic mass is 35.5. The van der Waals surface area contributed by atoms with Gasteiger partial charge in [-0.1, -0.05) is 64.9 Å². The van der Waals surface area contributed by atoms with Crippen LogP contribution in [0.5, 0.6) is 0 Å².